The third kappa shape index (κ3) is 4.10. The third-order valence-electron chi connectivity index (χ3n) is 3.46. The number of rotatable bonds is 4. The lowest BCUT2D eigenvalue weighted by molar-refractivity contribution is 0.122. The topological polar surface area (TPSA) is 55.8 Å². The number of halogens is 1. The smallest absolute Gasteiger partial charge is 0.317 e. The number of urea groups is 1. The van der Waals surface area contributed by atoms with Crippen molar-refractivity contribution >= 4 is 17.6 Å². The van der Waals surface area contributed by atoms with Crippen molar-refractivity contribution in [2.24, 2.45) is 0 Å². The van der Waals surface area contributed by atoms with Gasteiger partial charge in [-0.25, -0.2) is 4.79 Å². The molecule has 0 saturated carbocycles. The Balaban J connectivity index is 1.77. The summed E-state index contributed by atoms with van der Waals surface area (Å²) in [6.45, 7) is 4.27. The van der Waals surface area contributed by atoms with E-state index in [0.29, 0.717) is 31.2 Å². The second-order valence-corrected chi connectivity index (χ2v) is 5.21. The molecule has 0 unspecified atom stereocenters. The number of β-amino-alcohol motifs (C(OH)–C–C–N with tert-alkyl or cyclic N) is 1. The molecule has 6 heteroatoms. The van der Waals surface area contributed by atoms with Gasteiger partial charge in [-0.15, -0.1) is 0 Å². The number of hydrogen-bond acceptors (Lipinski definition) is 3. The van der Waals surface area contributed by atoms with E-state index in [9.17, 15) is 4.79 Å². The van der Waals surface area contributed by atoms with E-state index in [4.69, 9.17) is 16.7 Å². The van der Waals surface area contributed by atoms with Crippen molar-refractivity contribution in [3.63, 3.8) is 0 Å². The average molecular weight is 298 g/mol. The van der Waals surface area contributed by atoms with E-state index in [1.807, 2.05) is 24.3 Å². The molecule has 1 heterocycles. The Morgan fingerprint density at radius 1 is 1.25 bits per heavy atom. The quantitative estimate of drug-likeness (QED) is 0.877. The third-order valence-corrected chi connectivity index (χ3v) is 3.83. The van der Waals surface area contributed by atoms with Crippen LogP contribution < -0.4 is 5.32 Å². The van der Waals surface area contributed by atoms with Crippen LogP contribution in [0.25, 0.3) is 0 Å². The molecule has 0 spiro atoms. The maximum atomic E-state index is 12.1. The molecule has 1 aliphatic heterocycles. The highest BCUT2D eigenvalue weighted by Gasteiger charge is 2.20. The Labute approximate surface area is 124 Å². The summed E-state index contributed by atoms with van der Waals surface area (Å²) in [4.78, 5) is 16.0. The standard InChI is InChI=1S/C14H20ClN3O2/c15-13-4-2-1-3-12(13)11-16-14(20)18-7-5-17(6-8-18)9-10-19/h1-4,19H,5-11H2,(H,16,20). The highest BCUT2D eigenvalue weighted by atomic mass is 35.5. The minimum Gasteiger partial charge on any atom is -0.395 e. The fraction of sp³-hybridized carbons (Fsp3) is 0.500. The summed E-state index contributed by atoms with van der Waals surface area (Å²) in [5, 5.41) is 12.4. The van der Waals surface area contributed by atoms with Gasteiger partial charge in [0.2, 0.25) is 0 Å². The Hall–Kier alpha value is -1.30. The van der Waals surface area contributed by atoms with Crippen molar-refractivity contribution in [2.45, 2.75) is 6.54 Å². The molecule has 0 aliphatic carbocycles. The number of carbonyl (C=O) groups is 1. The molecule has 20 heavy (non-hydrogen) atoms. The lowest BCUT2D eigenvalue weighted by Crippen LogP contribution is -2.52. The van der Waals surface area contributed by atoms with Crippen LogP contribution in [0, 0.1) is 0 Å². The van der Waals surface area contributed by atoms with Gasteiger partial charge in [0.15, 0.2) is 0 Å². The number of benzene rings is 1. The van der Waals surface area contributed by atoms with Crippen molar-refractivity contribution in [2.75, 3.05) is 39.3 Å². The van der Waals surface area contributed by atoms with E-state index in [2.05, 4.69) is 10.2 Å². The SMILES string of the molecule is O=C(NCc1ccccc1Cl)N1CCN(CCO)CC1. The molecular formula is C14H20ClN3O2. The first kappa shape index (κ1) is 15.1. The molecule has 5 nitrogen and oxygen atoms in total. The van der Waals surface area contributed by atoms with E-state index in [-0.39, 0.29) is 12.6 Å². The molecule has 0 bridgehead atoms. The van der Waals surface area contributed by atoms with E-state index in [0.717, 1.165) is 18.7 Å². The number of aliphatic hydroxyl groups excluding tert-OH is 1. The molecule has 110 valence electrons. The Morgan fingerprint density at radius 2 is 1.95 bits per heavy atom. The predicted octanol–water partition coefficient (Wildman–Crippen LogP) is 1.16. The normalized spacial score (nSPS) is 16.2. The summed E-state index contributed by atoms with van der Waals surface area (Å²) in [7, 11) is 0. The van der Waals surface area contributed by atoms with E-state index >= 15 is 0 Å². The minimum absolute atomic E-state index is 0.0615. The van der Waals surface area contributed by atoms with Gasteiger partial charge < -0.3 is 15.3 Å². The number of carbonyl (C=O) groups excluding carboxylic acids is 1. The molecule has 2 amide bonds. The van der Waals surface area contributed by atoms with Crippen LogP contribution in [0.15, 0.2) is 24.3 Å². The lowest BCUT2D eigenvalue weighted by atomic mass is 10.2. The highest BCUT2D eigenvalue weighted by Crippen LogP contribution is 2.14. The summed E-state index contributed by atoms with van der Waals surface area (Å²) in [5.74, 6) is 0. The molecule has 1 fully saturated rings. The zero-order valence-electron chi connectivity index (χ0n) is 11.4. The van der Waals surface area contributed by atoms with Gasteiger partial charge in [0.1, 0.15) is 0 Å². The summed E-state index contributed by atoms with van der Waals surface area (Å²) in [6.07, 6.45) is 0. The molecule has 2 N–H and O–H groups in total. The first-order chi connectivity index (χ1) is 9.70. The fourth-order valence-corrected chi connectivity index (χ4v) is 2.44. The van der Waals surface area contributed by atoms with Crippen molar-refractivity contribution in [3.05, 3.63) is 34.9 Å². The van der Waals surface area contributed by atoms with Crippen LogP contribution in [0.2, 0.25) is 5.02 Å². The number of nitrogens with zero attached hydrogens (tertiary/aromatic N) is 2. The highest BCUT2D eigenvalue weighted by molar-refractivity contribution is 6.31. The van der Waals surface area contributed by atoms with Crippen LogP contribution >= 0.6 is 11.6 Å². The first-order valence-corrected chi connectivity index (χ1v) is 7.18. The number of hydrogen-bond donors (Lipinski definition) is 2. The van der Waals surface area contributed by atoms with Crippen LogP contribution in [0.5, 0.6) is 0 Å². The summed E-state index contributed by atoms with van der Waals surface area (Å²) in [5.41, 5.74) is 0.918. The lowest BCUT2D eigenvalue weighted by Gasteiger charge is -2.34. The van der Waals surface area contributed by atoms with E-state index < -0.39 is 0 Å². The van der Waals surface area contributed by atoms with Crippen LogP contribution in [-0.2, 0) is 6.54 Å². The van der Waals surface area contributed by atoms with Gasteiger partial charge in [-0.2, -0.15) is 0 Å². The molecule has 0 aromatic heterocycles. The zero-order chi connectivity index (χ0) is 14.4. The van der Waals surface area contributed by atoms with Crippen LogP contribution in [0.4, 0.5) is 4.79 Å². The monoisotopic (exact) mass is 297 g/mol. The van der Waals surface area contributed by atoms with E-state index in [1.165, 1.54) is 0 Å². The van der Waals surface area contributed by atoms with Gasteiger partial charge in [-0.3, -0.25) is 4.90 Å². The van der Waals surface area contributed by atoms with Crippen molar-refractivity contribution in [1.29, 1.82) is 0 Å². The van der Waals surface area contributed by atoms with Crippen molar-refractivity contribution in [1.82, 2.24) is 15.1 Å². The second-order valence-electron chi connectivity index (χ2n) is 4.80. The van der Waals surface area contributed by atoms with Gasteiger partial charge in [0, 0.05) is 44.3 Å². The summed E-state index contributed by atoms with van der Waals surface area (Å²) < 4.78 is 0. The molecular weight excluding hydrogens is 278 g/mol. The fourth-order valence-electron chi connectivity index (χ4n) is 2.24. The Morgan fingerprint density at radius 3 is 2.60 bits per heavy atom. The maximum Gasteiger partial charge on any atom is 0.317 e. The number of nitrogens with one attached hydrogen (secondary N) is 1. The van der Waals surface area contributed by atoms with Gasteiger partial charge in [0.05, 0.1) is 6.61 Å². The molecule has 1 aromatic carbocycles. The van der Waals surface area contributed by atoms with Crippen molar-refractivity contribution < 1.29 is 9.90 Å². The van der Waals surface area contributed by atoms with Crippen LogP contribution in [-0.4, -0.2) is 60.3 Å². The van der Waals surface area contributed by atoms with Crippen LogP contribution in [0.3, 0.4) is 0 Å². The number of piperazine rings is 1. The van der Waals surface area contributed by atoms with Crippen molar-refractivity contribution in [3.8, 4) is 0 Å². The number of amides is 2. The molecule has 0 atom stereocenters. The number of aliphatic hydroxyl groups is 1. The summed E-state index contributed by atoms with van der Waals surface area (Å²) >= 11 is 6.05. The molecule has 1 aromatic rings. The maximum absolute atomic E-state index is 12.1. The largest absolute Gasteiger partial charge is 0.395 e. The van der Waals surface area contributed by atoms with E-state index in [1.54, 1.807) is 4.90 Å². The Bertz CT molecular complexity index is 448. The van der Waals surface area contributed by atoms with Gasteiger partial charge in [-0.1, -0.05) is 29.8 Å². The van der Waals surface area contributed by atoms with Crippen LogP contribution in [0.1, 0.15) is 5.56 Å². The van der Waals surface area contributed by atoms with Gasteiger partial charge >= 0.3 is 6.03 Å². The predicted molar refractivity (Wildman–Crippen MR) is 78.8 cm³/mol. The zero-order valence-corrected chi connectivity index (χ0v) is 12.1. The van der Waals surface area contributed by atoms with Gasteiger partial charge in [0.25, 0.3) is 0 Å². The second kappa shape index (κ2) is 7.47. The molecule has 2 rings (SSSR count). The molecule has 1 aliphatic rings. The Kier molecular flexibility index (Phi) is 5.64. The average Bonchev–Trinajstić information content (AvgIpc) is 2.47. The first-order valence-electron chi connectivity index (χ1n) is 6.80. The summed E-state index contributed by atoms with van der Waals surface area (Å²) in [6, 6.07) is 7.43. The minimum atomic E-state index is -0.0615. The molecule has 0 radical (unpaired) electrons. The molecule has 1 saturated heterocycles. The van der Waals surface area contributed by atoms with Gasteiger partial charge in [-0.05, 0) is 11.6 Å².